The van der Waals surface area contributed by atoms with Gasteiger partial charge in [-0.15, -0.1) is 0 Å². The van der Waals surface area contributed by atoms with Crippen LogP contribution < -0.4 is 10.5 Å². The van der Waals surface area contributed by atoms with Gasteiger partial charge in [0.25, 0.3) is 0 Å². The lowest BCUT2D eigenvalue weighted by atomic mass is 10.1. The van der Waals surface area contributed by atoms with Gasteiger partial charge in [0.1, 0.15) is 0 Å². The zero-order valence-corrected chi connectivity index (χ0v) is 18.1. The highest BCUT2D eigenvalue weighted by Gasteiger charge is 2.30. The summed E-state index contributed by atoms with van der Waals surface area (Å²) in [4.78, 5) is 16.5. The van der Waals surface area contributed by atoms with Gasteiger partial charge in [-0.1, -0.05) is 12.1 Å². The molecule has 0 atom stereocenters. The lowest BCUT2D eigenvalue weighted by Gasteiger charge is -2.21. The molecule has 0 spiro atoms. The fraction of sp³-hybridized carbons (Fsp3) is 0.381. The second-order valence-corrected chi connectivity index (χ2v) is 9.28. The SMILES string of the molecule is NS(=O)(=O)c1ccc(NC(=O)CN2CCCN(Cc3ccc(C(F)(F)F)cc3)CC2)cc1. The number of benzene rings is 2. The largest absolute Gasteiger partial charge is 0.416 e. The number of nitrogens with one attached hydrogen (secondary N) is 1. The van der Waals surface area contributed by atoms with Crippen LogP contribution in [0.25, 0.3) is 0 Å². The predicted molar refractivity (Wildman–Crippen MR) is 114 cm³/mol. The minimum atomic E-state index is -4.34. The maximum atomic E-state index is 12.7. The Balaban J connectivity index is 1.48. The minimum Gasteiger partial charge on any atom is -0.325 e. The van der Waals surface area contributed by atoms with Gasteiger partial charge in [-0.2, -0.15) is 13.2 Å². The number of hydrogen-bond acceptors (Lipinski definition) is 5. The number of rotatable bonds is 6. The van der Waals surface area contributed by atoms with Crippen LogP contribution in [0.15, 0.2) is 53.4 Å². The average Bonchev–Trinajstić information content (AvgIpc) is 2.92. The molecule has 1 fully saturated rings. The molecular formula is C21H25F3N4O3S. The van der Waals surface area contributed by atoms with Gasteiger partial charge in [0, 0.05) is 25.3 Å². The first kappa shape index (κ1) is 24.2. The van der Waals surface area contributed by atoms with Crippen LogP contribution in [0.5, 0.6) is 0 Å². The molecule has 0 unspecified atom stereocenters. The summed E-state index contributed by atoms with van der Waals surface area (Å²) in [6.45, 7) is 3.59. The third-order valence-corrected chi connectivity index (χ3v) is 6.13. The number of primary sulfonamides is 1. The molecule has 1 saturated heterocycles. The number of nitrogens with zero attached hydrogens (tertiary/aromatic N) is 2. The van der Waals surface area contributed by atoms with Crippen LogP contribution in [0.3, 0.4) is 0 Å². The Hall–Kier alpha value is -2.47. The fourth-order valence-electron chi connectivity index (χ4n) is 3.53. The Morgan fingerprint density at radius 2 is 1.53 bits per heavy atom. The summed E-state index contributed by atoms with van der Waals surface area (Å²) in [7, 11) is -3.79. The molecule has 2 aromatic carbocycles. The number of sulfonamides is 1. The number of amides is 1. The van der Waals surface area contributed by atoms with Crippen molar-refractivity contribution in [3.63, 3.8) is 0 Å². The molecule has 1 aliphatic heterocycles. The van der Waals surface area contributed by atoms with E-state index >= 15 is 0 Å². The van der Waals surface area contributed by atoms with Crippen LogP contribution in [0, 0.1) is 0 Å². The van der Waals surface area contributed by atoms with Crippen molar-refractivity contribution < 1.29 is 26.4 Å². The Morgan fingerprint density at radius 3 is 2.12 bits per heavy atom. The Labute approximate surface area is 185 Å². The maximum absolute atomic E-state index is 12.7. The van der Waals surface area contributed by atoms with E-state index in [9.17, 15) is 26.4 Å². The van der Waals surface area contributed by atoms with Crippen molar-refractivity contribution in [3.8, 4) is 0 Å². The highest BCUT2D eigenvalue weighted by molar-refractivity contribution is 7.89. The van der Waals surface area contributed by atoms with Gasteiger partial charge in [-0.25, -0.2) is 13.6 Å². The van der Waals surface area contributed by atoms with Crippen LogP contribution in [0.2, 0.25) is 0 Å². The number of alkyl halides is 3. The molecule has 1 heterocycles. The van der Waals surface area contributed by atoms with Crippen molar-refractivity contribution in [2.75, 3.05) is 38.0 Å². The number of carbonyl (C=O) groups excluding carboxylic acids is 1. The van der Waals surface area contributed by atoms with Gasteiger partial charge in [-0.05, 0) is 61.5 Å². The second kappa shape index (κ2) is 9.99. The second-order valence-electron chi connectivity index (χ2n) is 7.72. The molecule has 1 amide bonds. The third kappa shape index (κ3) is 7.02. The quantitative estimate of drug-likeness (QED) is 0.677. The molecule has 174 valence electrons. The van der Waals surface area contributed by atoms with E-state index < -0.39 is 21.8 Å². The fourth-order valence-corrected chi connectivity index (χ4v) is 4.04. The summed E-state index contributed by atoms with van der Waals surface area (Å²) < 4.78 is 60.7. The first-order valence-electron chi connectivity index (χ1n) is 10.0. The molecule has 0 radical (unpaired) electrons. The van der Waals surface area contributed by atoms with E-state index in [2.05, 4.69) is 10.2 Å². The van der Waals surface area contributed by atoms with Crippen LogP contribution in [-0.2, 0) is 27.5 Å². The number of halogens is 3. The van der Waals surface area contributed by atoms with Gasteiger partial charge in [0.15, 0.2) is 0 Å². The van der Waals surface area contributed by atoms with Crippen LogP contribution in [0.4, 0.5) is 18.9 Å². The highest BCUT2D eigenvalue weighted by atomic mass is 32.2. The van der Waals surface area contributed by atoms with Crippen molar-refractivity contribution in [1.82, 2.24) is 9.80 Å². The van der Waals surface area contributed by atoms with E-state index in [1.165, 1.54) is 36.4 Å². The van der Waals surface area contributed by atoms with Crippen molar-refractivity contribution in [3.05, 3.63) is 59.7 Å². The van der Waals surface area contributed by atoms with Crippen LogP contribution in [0.1, 0.15) is 17.5 Å². The topological polar surface area (TPSA) is 95.7 Å². The molecule has 7 nitrogen and oxygen atoms in total. The highest BCUT2D eigenvalue weighted by Crippen LogP contribution is 2.29. The third-order valence-electron chi connectivity index (χ3n) is 5.20. The smallest absolute Gasteiger partial charge is 0.325 e. The molecule has 3 N–H and O–H groups in total. The minimum absolute atomic E-state index is 0.0313. The van der Waals surface area contributed by atoms with Crippen molar-refractivity contribution in [2.45, 2.75) is 24.0 Å². The zero-order chi connectivity index (χ0) is 23.4. The molecule has 0 aliphatic carbocycles. The van der Waals surface area contributed by atoms with Gasteiger partial charge in [0.05, 0.1) is 17.0 Å². The number of hydrogen-bond donors (Lipinski definition) is 2. The number of nitrogens with two attached hydrogens (primary N) is 1. The lowest BCUT2D eigenvalue weighted by molar-refractivity contribution is -0.137. The zero-order valence-electron chi connectivity index (χ0n) is 17.3. The molecule has 11 heteroatoms. The van der Waals surface area contributed by atoms with Crippen LogP contribution >= 0.6 is 0 Å². The Kier molecular flexibility index (Phi) is 7.55. The Morgan fingerprint density at radius 1 is 0.938 bits per heavy atom. The van der Waals surface area contributed by atoms with E-state index in [0.717, 1.165) is 37.2 Å². The predicted octanol–water partition coefficient (Wildman–Crippen LogP) is 2.50. The Bertz CT molecular complexity index is 1030. The molecule has 0 bridgehead atoms. The lowest BCUT2D eigenvalue weighted by Crippen LogP contribution is -2.36. The molecular weight excluding hydrogens is 445 g/mol. The summed E-state index contributed by atoms with van der Waals surface area (Å²) in [6, 6.07) is 10.8. The maximum Gasteiger partial charge on any atom is 0.416 e. The van der Waals surface area contributed by atoms with Gasteiger partial charge >= 0.3 is 6.18 Å². The van der Waals surface area contributed by atoms with Gasteiger partial charge in [-0.3, -0.25) is 14.6 Å². The molecule has 3 rings (SSSR count). The first-order chi connectivity index (χ1) is 15.0. The summed E-state index contributed by atoms with van der Waals surface area (Å²) in [5.74, 6) is -0.218. The standard InChI is InChI=1S/C21H25F3N4O3S/c22-21(23,24)17-4-2-16(3-5-17)14-27-10-1-11-28(13-12-27)15-20(29)26-18-6-8-19(9-7-18)32(25,30)31/h2-9H,1,10-15H2,(H,26,29)(H2,25,30,31). The summed E-state index contributed by atoms with van der Waals surface area (Å²) in [5.41, 5.74) is 0.627. The number of carbonyl (C=O) groups is 1. The normalized spacial score (nSPS) is 16.5. The molecule has 0 saturated carbocycles. The molecule has 0 aromatic heterocycles. The van der Waals surface area contributed by atoms with E-state index in [1.807, 2.05) is 4.90 Å². The monoisotopic (exact) mass is 470 g/mol. The van der Waals surface area contributed by atoms with Crippen LogP contribution in [-0.4, -0.2) is 56.8 Å². The van der Waals surface area contributed by atoms with E-state index in [1.54, 1.807) is 0 Å². The molecule has 32 heavy (non-hydrogen) atoms. The summed E-state index contributed by atoms with van der Waals surface area (Å²) in [5, 5.41) is 7.79. The summed E-state index contributed by atoms with van der Waals surface area (Å²) >= 11 is 0. The number of anilines is 1. The van der Waals surface area contributed by atoms with Crippen molar-refractivity contribution in [1.29, 1.82) is 0 Å². The van der Waals surface area contributed by atoms with E-state index in [4.69, 9.17) is 5.14 Å². The van der Waals surface area contributed by atoms with E-state index in [0.29, 0.717) is 25.3 Å². The van der Waals surface area contributed by atoms with E-state index in [-0.39, 0.29) is 17.3 Å². The van der Waals surface area contributed by atoms with Crippen molar-refractivity contribution >= 4 is 21.6 Å². The molecule has 1 aliphatic rings. The van der Waals surface area contributed by atoms with Gasteiger partial charge < -0.3 is 5.32 Å². The first-order valence-corrected chi connectivity index (χ1v) is 11.6. The average molecular weight is 471 g/mol. The van der Waals surface area contributed by atoms with Gasteiger partial charge in [0.2, 0.25) is 15.9 Å². The summed E-state index contributed by atoms with van der Waals surface area (Å²) in [6.07, 6.45) is -3.51. The van der Waals surface area contributed by atoms with Crippen molar-refractivity contribution in [2.24, 2.45) is 5.14 Å². The molecule has 2 aromatic rings.